The molecule has 0 fully saturated rings. The Morgan fingerprint density at radius 3 is 2.53 bits per heavy atom. The van der Waals surface area contributed by atoms with Crippen molar-refractivity contribution in [2.45, 2.75) is 4.90 Å². The first kappa shape index (κ1) is 11.7. The maximum absolute atomic E-state index is 11.4. The van der Waals surface area contributed by atoms with Gasteiger partial charge in [-0.15, -0.1) is 0 Å². The van der Waals surface area contributed by atoms with Gasteiger partial charge in [-0.3, -0.25) is 0 Å². The summed E-state index contributed by atoms with van der Waals surface area (Å²) in [6.07, 6.45) is 2.59. The Morgan fingerprint density at radius 1 is 1.35 bits per heavy atom. The average Bonchev–Trinajstić information content (AvgIpc) is 2.55. The van der Waals surface area contributed by atoms with Crippen LogP contribution in [-0.4, -0.2) is 30.3 Å². The first-order valence-corrected chi connectivity index (χ1v) is 6.72. The van der Waals surface area contributed by atoms with E-state index in [4.69, 9.17) is 5.11 Å². The third-order valence-corrected chi connectivity index (χ3v) is 3.73. The molecule has 0 bridgehead atoms. The van der Waals surface area contributed by atoms with Crippen LogP contribution in [-0.2, 0) is 16.9 Å². The van der Waals surface area contributed by atoms with Crippen molar-refractivity contribution in [3.05, 3.63) is 30.0 Å². The SMILES string of the molecule is Cn1cc(C(=O)O)c2ccc(S(C)(=O)=O)cc21. The number of carbonyl (C=O) groups is 1. The van der Waals surface area contributed by atoms with Gasteiger partial charge in [0.2, 0.25) is 0 Å². The molecule has 2 aromatic rings. The van der Waals surface area contributed by atoms with E-state index in [-0.39, 0.29) is 10.5 Å². The predicted molar refractivity (Wildman–Crippen MR) is 63.0 cm³/mol. The molecule has 6 heteroatoms. The molecule has 0 atom stereocenters. The molecule has 0 radical (unpaired) electrons. The van der Waals surface area contributed by atoms with Gasteiger partial charge >= 0.3 is 5.97 Å². The number of hydrogen-bond acceptors (Lipinski definition) is 3. The van der Waals surface area contributed by atoms with Gasteiger partial charge in [0.15, 0.2) is 9.84 Å². The van der Waals surface area contributed by atoms with Crippen LogP contribution in [0.25, 0.3) is 10.9 Å². The Morgan fingerprint density at radius 2 is 2.00 bits per heavy atom. The maximum Gasteiger partial charge on any atom is 0.337 e. The molecule has 90 valence electrons. The summed E-state index contributed by atoms with van der Waals surface area (Å²) in [6, 6.07) is 4.43. The fraction of sp³-hybridized carbons (Fsp3) is 0.182. The third kappa shape index (κ3) is 1.91. The predicted octanol–water partition coefficient (Wildman–Crippen LogP) is 1.28. The molecule has 0 aliphatic carbocycles. The Hall–Kier alpha value is -1.82. The van der Waals surface area contributed by atoms with Crippen LogP contribution in [0.4, 0.5) is 0 Å². The van der Waals surface area contributed by atoms with Crippen LogP contribution in [0.5, 0.6) is 0 Å². The molecule has 0 amide bonds. The smallest absolute Gasteiger partial charge is 0.337 e. The lowest BCUT2D eigenvalue weighted by Crippen LogP contribution is -1.97. The zero-order valence-corrected chi connectivity index (χ0v) is 10.2. The number of aryl methyl sites for hydroxylation is 1. The second-order valence-electron chi connectivity index (χ2n) is 3.91. The van der Waals surface area contributed by atoms with E-state index in [1.54, 1.807) is 11.6 Å². The van der Waals surface area contributed by atoms with Crippen LogP contribution >= 0.6 is 0 Å². The zero-order valence-electron chi connectivity index (χ0n) is 9.34. The van der Waals surface area contributed by atoms with Gasteiger partial charge in [-0.25, -0.2) is 13.2 Å². The van der Waals surface area contributed by atoms with Crippen molar-refractivity contribution < 1.29 is 18.3 Å². The topological polar surface area (TPSA) is 76.4 Å². The molecule has 0 saturated carbocycles. The quantitative estimate of drug-likeness (QED) is 0.874. The van der Waals surface area contributed by atoms with Crippen molar-refractivity contribution in [3.63, 3.8) is 0 Å². The third-order valence-electron chi connectivity index (χ3n) is 2.62. The lowest BCUT2D eigenvalue weighted by Gasteiger charge is -2.00. The average molecular weight is 253 g/mol. The highest BCUT2D eigenvalue weighted by Gasteiger charge is 2.15. The van der Waals surface area contributed by atoms with Gasteiger partial charge in [0.05, 0.1) is 10.5 Å². The van der Waals surface area contributed by atoms with Crippen molar-refractivity contribution in [3.8, 4) is 0 Å². The summed E-state index contributed by atoms with van der Waals surface area (Å²) >= 11 is 0. The molecule has 0 spiro atoms. The number of nitrogens with zero attached hydrogens (tertiary/aromatic N) is 1. The minimum Gasteiger partial charge on any atom is -0.478 e. The van der Waals surface area contributed by atoms with Crippen LogP contribution in [0.1, 0.15) is 10.4 Å². The Balaban J connectivity index is 2.81. The van der Waals surface area contributed by atoms with Gasteiger partial charge in [0.25, 0.3) is 0 Å². The summed E-state index contributed by atoms with van der Waals surface area (Å²) in [5.74, 6) is -1.03. The lowest BCUT2D eigenvalue weighted by molar-refractivity contribution is 0.0699. The molecule has 0 aliphatic heterocycles. The number of carboxylic acid groups (broad SMARTS) is 1. The van der Waals surface area contributed by atoms with E-state index in [0.29, 0.717) is 10.9 Å². The van der Waals surface area contributed by atoms with Crippen LogP contribution in [0.15, 0.2) is 29.3 Å². The highest BCUT2D eigenvalue weighted by molar-refractivity contribution is 7.90. The van der Waals surface area contributed by atoms with Crippen molar-refractivity contribution in [2.24, 2.45) is 7.05 Å². The van der Waals surface area contributed by atoms with E-state index in [9.17, 15) is 13.2 Å². The van der Waals surface area contributed by atoms with Crippen molar-refractivity contribution >= 4 is 26.7 Å². The van der Waals surface area contributed by atoms with Gasteiger partial charge in [-0.05, 0) is 12.1 Å². The van der Waals surface area contributed by atoms with Gasteiger partial charge in [0, 0.05) is 30.4 Å². The Kier molecular flexibility index (Phi) is 2.46. The Bertz CT molecular complexity index is 712. The summed E-state index contributed by atoms with van der Waals surface area (Å²) in [5, 5.41) is 9.53. The minimum atomic E-state index is -3.28. The van der Waals surface area contributed by atoms with E-state index in [2.05, 4.69) is 0 Å². The Labute approximate surface area is 98.2 Å². The van der Waals surface area contributed by atoms with E-state index in [1.807, 2.05) is 0 Å². The van der Waals surface area contributed by atoms with Crippen LogP contribution in [0, 0.1) is 0 Å². The summed E-state index contributed by atoms with van der Waals surface area (Å²) in [5.41, 5.74) is 0.757. The summed E-state index contributed by atoms with van der Waals surface area (Å²) in [6.45, 7) is 0. The molecule has 0 unspecified atom stereocenters. The van der Waals surface area contributed by atoms with E-state index in [0.717, 1.165) is 6.26 Å². The molecule has 1 aromatic carbocycles. The number of hydrogen-bond donors (Lipinski definition) is 1. The number of benzene rings is 1. The number of sulfone groups is 1. The fourth-order valence-corrected chi connectivity index (χ4v) is 2.41. The first-order valence-electron chi connectivity index (χ1n) is 4.83. The normalized spacial score (nSPS) is 11.9. The molecular weight excluding hydrogens is 242 g/mol. The highest BCUT2D eigenvalue weighted by Crippen LogP contribution is 2.23. The number of rotatable bonds is 2. The van der Waals surface area contributed by atoms with Gasteiger partial charge in [-0.1, -0.05) is 6.07 Å². The summed E-state index contributed by atoms with van der Waals surface area (Å²) < 4.78 is 24.4. The van der Waals surface area contributed by atoms with E-state index >= 15 is 0 Å². The number of fused-ring (bicyclic) bond motifs is 1. The summed E-state index contributed by atoms with van der Waals surface area (Å²) in [4.78, 5) is 11.2. The van der Waals surface area contributed by atoms with Crippen molar-refractivity contribution in [1.82, 2.24) is 4.57 Å². The molecule has 1 heterocycles. The lowest BCUT2D eigenvalue weighted by atomic mass is 10.2. The molecule has 17 heavy (non-hydrogen) atoms. The number of aromatic carboxylic acids is 1. The molecule has 1 N–H and O–H groups in total. The molecule has 1 aromatic heterocycles. The standard InChI is InChI=1S/C11H11NO4S/c1-12-6-9(11(13)14)8-4-3-7(5-10(8)12)17(2,15)16/h3-6H,1-2H3,(H,13,14). The highest BCUT2D eigenvalue weighted by atomic mass is 32.2. The summed E-state index contributed by atoms with van der Waals surface area (Å²) in [7, 11) is -1.60. The molecule has 2 rings (SSSR count). The van der Waals surface area contributed by atoms with Gasteiger partial charge in [0.1, 0.15) is 0 Å². The number of carboxylic acids is 1. The van der Waals surface area contributed by atoms with Gasteiger partial charge in [-0.2, -0.15) is 0 Å². The van der Waals surface area contributed by atoms with Crippen LogP contribution in [0.3, 0.4) is 0 Å². The molecule has 0 aliphatic rings. The second-order valence-corrected chi connectivity index (χ2v) is 5.93. The second kappa shape index (κ2) is 3.59. The molecule has 5 nitrogen and oxygen atoms in total. The van der Waals surface area contributed by atoms with Crippen LogP contribution < -0.4 is 0 Å². The zero-order chi connectivity index (χ0) is 12.8. The maximum atomic E-state index is 11.4. The molecule has 0 saturated heterocycles. The van der Waals surface area contributed by atoms with Crippen molar-refractivity contribution in [2.75, 3.05) is 6.26 Å². The monoisotopic (exact) mass is 253 g/mol. The van der Waals surface area contributed by atoms with Crippen molar-refractivity contribution in [1.29, 1.82) is 0 Å². The first-order chi connectivity index (χ1) is 7.80. The number of aromatic nitrogens is 1. The largest absolute Gasteiger partial charge is 0.478 e. The van der Waals surface area contributed by atoms with E-state index in [1.165, 1.54) is 24.4 Å². The van der Waals surface area contributed by atoms with E-state index < -0.39 is 15.8 Å². The molecular formula is C11H11NO4S. The van der Waals surface area contributed by atoms with Gasteiger partial charge < -0.3 is 9.67 Å². The fourth-order valence-electron chi connectivity index (χ4n) is 1.76. The minimum absolute atomic E-state index is 0.169. The van der Waals surface area contributed by atoms with Crippen LogP contribution in [0.2, 0.25) is 0 Å².